The zero-order valence-electron chi connectivity index (χ0n) is 16.0. The second-order valence-corrected chi connectivity index (χ2v) is 6.03. The van der Waals surface area contributed by atoms with Crippen molar-refractivity contribution in [3.05, 3.63) is 53.7 Å². The Morgan fingerprint density at radius 3 is 2.62 bits per heavy atom. The summed E-state index contributed by atoms with van der Waals surface area (Å²) in [7, 11) is 1.68. The fourth-order valence-corrected chi connectivity index (χ4v) is 2.36. The van der Waals surface area contributed by atoms with Crippen LogP contribution in [0.5, 0.6) is 11.6 Å². The maximum atomic E-state index is 5.56. The van der Waals surface area contributed by atoms with Gasteiger partial charge >= 0.3 is 0 Å². The number of para-hydroxylation sites is 1. The lowest BCUT2D eigenvalue weighted by atomic mass is 10.2. The molecule has 0 aliphatic heterocycles. The van der Waals surface area contributed by atoms with Crippen LogP contribution in [-0.4, -0.2) is 30.7 Å². The van der Waals surface area contributed by atoms with E-state index in [4.69, 9.17) is 9.47 Å². The van der Waals surface area contributed by atoms with E-state index in [1.54, 1.807) is 13.3 Å². The molecule has 0 aliphatic carbocycles. The van der Waals surface area contributed by atoms with E-state index in [2.05, 4.69) is 20.6 Å². The van der Waals surface area contributed by atoms with Gasteiger partial charge in [0.2, 0.25) is 5.88 Å². The quantitative estimate of drug-likeness (QED) is 0.562. The summed E-state index contributed by atoms with van der Waals surface area (Å²) in [6.07, 6.45) is 1.91. The minimum atomic E-state index is 0.117. The van der Waals surface area contributed by atoms with Gasteiger partial charge in [-0.3, -0.25) is 0 Å². The van der Waals surface area contributed by atoms with Crippen molar-refractivity contribution < 1.29 is 9.47 Å². The van der Waals surface area contributed by atoms with Crippen LogP contribution in [0.4, 0.5) is 0 Å². The van der Waals surface area contributed by atoms with Crippen LogP contribution in [0.25, 0.3) is 0 Å². The van der Waals surface area contributed by atoms with Crippen molar-refractivity contribution in [1.82, 2.24) is 15.6 Å². The smallest absolute Gasteiger partial charge is 0.213 e. The second-order valence-electron chi connectivity index (χ2n) is 6.03. The summed E-state index contributed by atoms with van der Waals surface area (Å²) in [5, 5.41) is 6.58. The molecule has 2 N–H and O–H groups in total. The van der Waals surface area contributed by atoms with Crippen molar-refractivity contribution in [2.45, 2.75) is 40.0 Å². The number of aromatic nitrogens is 1. The van der Waals surface area contributed by atoms with Crippen LogP contribution in [0.1, 0.15) is 31.9 Å². The molecule has 0 atom stereocenters. The van der Waals surface area contributed by atoms with Gasteiger partial charge in [0.15, 0.2) is 5.96 Å². The molecule has 1 aromatic heterocycles. The number of benzene rings is 1. The lowest BCUT2D eigenvalue weighted by molar-refractivity contribution is 0.232. The molecule has 0 saturated heterocycles. The topological polar surface area (TPSA) is 67.8 Å². The molecule has 140 valence electrons. The summed E-state index contributed by atoms with van der Waals surface area (Å²) < 4.78 is 10.9. The number of nitrogens with zero attached hydrogens (tertiary/aromatic N) is 2. The summed E-state index contributed by atoms with van der Waals surface area (Å²) in [5.74, 6) is 2.25. The average Bonchev–Trinajstić information content (AvgIpc) is 2.65. The lowest BCUT2D eigenvalue weighted by Gasteiger charge is -2.13. The van der Waals surface area contributed by atoms with Crippen molar-refractivity contribution in [3.63, 3.8) is 0 Å². The molecular weight excluding hydrogens is 328 g/mol. The predicted molar refractivity (Wildman–Crippen MR) is 105 cm³/mol. The number of hydrogen-bond acceptors (Lipinski definition) is 4. The molecule has 0 amide bonds. The molecule has 6 nitrogen and oxygen atoms in total. The van der Waals surface area contributed by atoms with Gasteiger partial charge in [-0.15, -0.1) is 0 Å². The Kier molecular flexibility index (Phi) is 7.74. The molecule has 0 saturated carbocycles. The highest BCUT2D eigenvalue weighted by Crippen LogP contribution is 2.16. The highest BCUT2D eigenvalue weighted by Gasteiger charge is 2.04. The standard InChI is InChI=1S/C20H28N4O2/c1-5-21-20(24-14-17-8-6-7-9-18(17)25-4)23-13-16-10-11-19(22-12-16)26-15(2)3/h6-12,15H,5,13-14H2,1-4H3,(H2,21,23,24). The summed E-state index contributed by atoms with van der Waals surface area (Å²) >= 11 is 0. The molecule has 0 unspecified atom stereocenters. The Balaban J connectivity index is 1.97. The first-order valence-corrected chi connectivity index (χ1v) is 8.88. The molecule has 0 radical (unpaired) electrons. The Bertz CT molecular complexity index is 699. The highest BCUT2D eigenvalue weighted by atomic mass is 16.5. The summed E-state index contributed by atoms with van der Waals surface area (Å²) in [5.41, 5.74) is 2.10. The Hall–Kier alpha value is -2.76. The third kappa shape index (κ3) is 6.27. The van der Waals surface area contributed by atoms with Crippen molar-refractivity contribution in [2.24, 2.45) is 4.99 Å². The van der Waals surface area contributed by atoms with Gasteiger partial charge in [0.1, 0.15) is 5.75 Å². The van der Waals surface area contributed by atoms with Crippen LogP contribution in [0.2, 0.25) is 0 Å². The number of rotatable bonds is 8. The first kappa shape index (κ1) is 19.6. The first-order valence-electron chi connectivity index (χ1n) is 8.88. The van der Waals surface area contributed by atoms with E-state index in [0.29, 0.717) is 19.0 Å². The fourth-order valence-electron chi connectivity index (χ4n) is 2.36. The average molecular weight is 356 g/mol. The molecule has 0 spiro atoms. The van der Waals surface area contributed by atoms with Gasteiger partial charge in [-0.2, -0.15) is 0 Å². The van der Waals surface area contributed by atoms with E-state index in [1.165, 1.54) is 0 Å². The molecule has 0 fully saturated rings. The number of guanidine groups is 1. The molecule has 2 aromatic rings. The molecule has 2 rings (SSSR count). The van der Waals surface area contributed by atoms with Crippen molar-refractivity contribution in [3.8, 4) is 11.6 Å². The fraction of sp³-hybridized carbons (Fsp3) is 0.400. The Morgan fingerprint density at radius 2 is 1.96 bits per heavy atom. The van der Waals surface area contributed by atoms with Crippen molar-refractivity contribution in [2.75, 3.05) is 13.7 Å². The molecule has 26 heavy (non-hydrogen) atoms. The molecule has 0 bridgehead atoms. The van der Waals surface area contributed by atoms with Crippen molar-refractivity contribution in [1.29, 1.82) is 0 Å². The van der Waals surface area contributed by atoms with E-state index in [1.807, 2.05) is 57.2 Å². The number of hydrogen-bond donors (Lipinski definition) is 2. The zero-order chi connectivity index (χ0) is 18.8. The SMILES string of the molecule is CCNC(=NCc1ccc(OC(C)C)nc1)NCc1ccccc1OC. The monoisotopic (exact) mass is 356 g/mol. The predicted octanol–water partition coefficient (Wildman–Crippen LogP) is 3.13. The van der Waals surface area contributed by atoms with Gasteiger partial charge in [0.05, 0.1) is 19.8 Å². The van der Waals surface area contributed by atoms with Crippen molar-refractivity contribution >= 4 is 5.96 Å². The maximum Gasteiger partial charge on any atom is 0.213 e. The van der Waals surface area contributed by atoms with Gasteiger partial charge < -0.3 is 20.1 Å². The van der Waals surface area contributed by atoms with Crippen LogP contribution < -0.4 is 20.1 Å². The minimum absolute atomic E-state index is 0.117. The van der Waals surface area contributed by atoms with E-state index >= 15 is 0 Å². The van der Waals surface area contributed by atoms with E-state index in [-0.39, 0.29) is 6.10 Å². The summed E-state index contributed by atoms with van der Waals surface area (Å²) in [6, 6.07) is 11.8. The first-order chi connectivity index (χ1) is 12.6. The van der Waals surface area contributed by atoms with Crippen LogP contribution in [-0.2, 0) is 13.1 Å². The lowest BCUT2D eigenvalue weighted by Crippen LogP contribution is -2.36. The molecule has 0 aliphatic rings. The molecular formula is C20H28N4O2. The Labute approximate surface area is 155 Å². The maximum absolute atomic E-state index is 5.56. The van der Waals surface area contributed by atoms with Gasteiger partial charge in [0.25, 0.3) is 0 Å². The van der Waals surface area contributed by atoms with E-state index < -0.39 is 0 Å². The third-order valence-corrected chi connectivity index (χ3v) is 3.56. The Morgan fingerprint density at radius 1 is 1.15 bits per heavy atom. The van der Waals surface area contributed by atoms with Gasteiger partial charge in [-0.25, -0.2) is 9.98 Å². The van der Waals surface area contributed by atoms with Gasteiger partial charge in [-0.05, 0) is 32.4 Å². The molecule has 6 heteroatoms. The third-order valence-electron chi connectivity index (χ3n) is 3.56. The van der Waals surface area contributed by atoms with E-state index in [0.717, 1.165) is 29.4 Å². The van der Waals surface area contributed by atoms with Crippen LogP contribution >= 0.6 is 0 Å². The zero-order valence-corrected chi connectivity index (χ0v) is 16.0. The van der Waals surface area contributed by atoms with Gasteiger partial charge in [-0.1, -0.05) is 24.3 Å². The van der Waals surface area contributed by atoms with E-state index in [9.17, 15) is 0 Å². The number of nitrogens with one attached hydrogen (secondary N) is 2. The van der Waals surface area contributed by atoms with Crippen LogP contribution in [0.3, 0.4) is 0 Å². The van der Waals surface area contributed by atoms with Crippen LogP contribution in [0.15, 0.2) is 47.6 Å². The highest BCUT2D eigenvalue weighted by molar-refractivity contribution is 5.79. The second kappa shape index (κ2) is 10.3. The number of pyridine rings is 1. The number of methoxy groups -OCH3 is 1. The van der Waals surface area contributed by atoms with Gasteiger partial charge in [0, 0.05) is 30.9 Å². The van der Waals surface area contributed by atoms with Crippen LogP contribution in [0, 0.1) is 0 Å². The number of ether oxygens (including phenoxy) is 2. The normalized spacial score (nSPS) is 11.3. The number of aliphatic imine (C=N–C) groups is 1. The largest absolute Gasteiger partial charge is 0.496 e. The molecule has 1 heterocycles. The molecule has 1 aromatic carbocycles. The summed E-state index contributed by atoms with van der Waals surface area (Å²) in [6.45, 7) is 7.97. The minimum Gasteiger partial charge on any atom is -0.496 e. The summed E-state index contributed by atoms with van der Waals surface area (Å²) in [4.78, 5) is 8.93.